The van der Waals surface area contributed by atoms with Crippen molar-refractivity contribution in [2.24, 2.45) is 0 Å². The molecule has 2 amide bonds. The molecule has 120 valence electrons. The molecular weight excluding hydrogens is 289 g/mol. The summed E-state index contributed by atoms with van der Waals surface area (Å²) in [5, 5.41) is 7.74. The van der Waals surface area contributed by atoms with Crippen LogP contribution < -0.4 is 16.0 Å². The Labute approximate surface area is 120 Å². The van der Waals surface area contributed by atoms with Gasteiger partial charge in [-0.3, -0.25) is 14.5 Å². The number of amides is 2. The third-order valence-electron chi connectivity index (χ3n) is 3.75. The predicted molar refractivity (Wildman–Crippen MR) is 68.5 cm³/mol. The fourth-order valence-electron chi connectivity index (χ4n) is 2.58. The topological polar surface area (TPSA) is 73.5 Å². The van der Waals surface area contributed by atoms with Gasteiger partial charge in [-0.1, -0.05) is 0 Å². The van der Waals surface area contributed by atoms with Gasteiger partial charge in [-0.15, -0.1) is 0 Å². The maximum Gasteiger partial charge on any atom is 0.405 e. The average Bonchev–Trinajstić information content (AvgIpc) is 2.85. The Morgan fingerprint density at radius 2 is 2.05 bits per heavy atom. The highest BCUT2D eigenvalue weighted by atomic mass is 19.4. The molecule has 0 aromatic rings. The van der Waals surface area contributed by atoms with E-state index in [0.717, 1.165) is 0 Å². The number of nitrogens with zero attached hydrogens (tertiary/aromatic N) is 1. The molecular formula is C12H19F3N4O2. The van der Waals surface area contributed by atoms with Crippen LogP contribution >= 0.6 is 0 Å². The number of rotatable bonds is 4. The number of carbonyl (C=O) groups is 2. The summed E-state index contributed by atoms with van der Waals surface area (Å²) in [6.45, 7) is 1.09. The zero-order valence-electron chi connectivity index (χ0n) is 11.5. The first-order valence-corrected chi connectivity index (χ1v) is 6.96. The molecule has 6 nitrogen and oxygen atoms in total. The van der Waals surface area contributed by atoms with E-state index in [2.05, 4.69) is 16.0 Å². The molecule has 0 bridgehead atoms. The van der Waals surface area contributed by atoms with Crippen LogP contribution in [-0.2, 0) is 9.59 Å². The van der Waals surface area contributed by atoms with Gasteiger partial charge in [0.15, 0.2) is 0 Å². The molecule has 0 radical (unpaired) electrons. The first kappa shape index (κ1) is 16.0. The van der Waals surface area contributed by atoms with Gasteiger partial charge in [0.05, 0.1) is 0 Å². The van der Waals surface area contributed by atoms with E-state index in [1.807, 2.05) is 0 Å². The molecule has 2 rings (SSSR count). The molecule has 2 aliphatic rings. The van der Waals surface area contributed by atoms with Gasteiger partial charge < -0.3 is 16.0 Å². The smallest absolute Gasteiger partial charge is 0.352 e. The number of halogens is 3. The molecule has 9 heteroatoms. The zero-order chi connectivity index (χ0) is 15.5. The Morgan fingerprint density at radius 1 is 1.38 bits per heavy atom. The van der Waals surface area contributed by atoms with Crippen LogP contribution in [0.5, 0.6) is 0 Å². The van der Waals surface area contributed by atoms with E-state index in [4.69, 9.17) is 0 Å². The van der Waals surface area contributed by atoms with Crippen LogP contribution in [0.15, 0.2) is 0 Å². The molecule has 3 N–H and O–H groups in total. The van der Waals surface area contributed by atoms with E-state index in [-0.39, 0.29) is 12.3 Å². The molecule has 0 spiro atoms. The van der Waals surface area contributed by atoms with Gasteiger partial charge in [-0.25, -0.2) is 0 Å². The van der Waals surface area contributed by atoms with E-state index in [1.165, 1.54) is 4.90 Å². The lowest BCUT2D eigenvalue weighted by Crippen LogP contribution is -2.58. The average molecular weight is 308 g/mol. The van der Waals surface area contributed by atoms with E-state index in [9.17, 15) is 22.8 Å². The third-order valence-corrected chi connectivity index (χ3v) is 3.75. The fourth-order valence-corrected chi connectivity index (χ4v) is 2.58. The summed E-state index contributed by atoms with van der Waals surface area (Å²) in [5.41, 5.74) is 0. The molecule has 2 saturated heterocycles. The number of nitrogens with one attached hydrogen (secondary N) is 3. The van der Waals surface area contributed by atoms with Crippen molar-refractivity contribution in [3.8, 4) is 0 Å². The van der Waals surface area contributed by atoms with E-state index < -0.39 is 30.7 Å². The van der Waals surface area contributed by atoms with Gasteiger partial charge in [0, 0.05) is 39.1 Å². The van der Waals surface area contributed by atoms with Crippen LogP contribution in [0.4, 0.5) is 13.2 Å². The summed E-state index contributed by atoms with van der Waals surface area (Å²) in [7, 11) is 0. The highest BCUT2D eigenvalue weighted by molar-refractivity contribution is 5.90. The number of piperazine rings is 1. The quantitative estimate of drug-likeness (QED) is 0.637. The zero-order valence-corrected chi connectivity index (χ0v) is 11.5. The van der Waals surface area contributed by atoms with E-state index >= 15 is 0 Å². The Bertz CT molecular complexity index is 396. The second-order valence-electron chi connectivity index (χ2n) is 5.25. The summed E-state index contributed by atoms with van der Waals surface area (Å²) in [6.07, 6.45) is -3.84. The first-order chi connectivity index (χ1) is 9.88. The van der Waals surface area contributed by atoms with Gasteiger partial charge in [0.25, 0.3) is 0 Å². The van der Waals surface area contributed by atoms with Crippen LogP contribution in [0.25, 0.3) is 0 Å². The lowest BCUT2D eigenvalue weighted by atomic mass is 10.1. The second-order valence-corrected chi connectivity index (χ2v) is 5.25. The Morgan fingerprint density at radius 3 is 2.57 bits per heavy atom. The Balaban J connectivity index is 1.89. The van der Waals surface area contributed by atoms with Crippen LogP contribution in [0.2, 0.25) is 0 Å². The van der Waals surface area contributed by atoms with Crippen molar-refractivity contribution in [2.75, 3.05) is 32.7 Å². The summed E-state index contributed by atoms with van der Waals surface area (Å²) in [5.74, 6) is -0.796. The molecule has 21 heavy (non-hydrogen) atoms. The minimum atomic E-state index is -4.40. The van der Waals surface area contributed by atoms with Crippen LogP contribution in [0.3, 0.4) is 0 Å². The highest BCUT2D eigenvalue weighted by Crippen LogP contribution is 2.24. The maximum absolute atomic E-state index is 13.1. The third kappa shape index (κ3) is 4.31. The number of alkyl halides is 3. The van der Waals surface area contributed by atoms with Crippen molar-refractivity contribution >= 4 is 11.8 Å². The van der Waals surface area contributed by atoms with Crippen LogP contribution in [0, 0.1) is 0 Å². The molecule has 2 fully saturated rings. The molecule has 0 aromatic heterocycles. The molecule has 2 aliphatic heterocycles. The van der Waals surface area contributed by atoms with E-state index in [1.54, 1.807) is 0 Å². The van der Waals surface area contributed by atoms with Gasteiger partial charge in [0.1, 0.15) is 12.1 Å². The monoisotopic (exact) mass is 308 g/mol. The normalized spacial score (nSPS) is 25.5. The van der Waals surface area contributed by atoms with Gasteiger partial charge in [0.2, 0.25) is 11.8 Å². The SMILES string of the molecule is O=C1CC[C@H](C(=O)NCC(N2CCNCC2)C(F)(F)F)N1. The van der Waals surface area contributed by atoms with Crippen molar-refractivity contribution in [1.82, 2.24) is 20.9 Å². The lowest BCUT2D eigenvalue weighted by Gasteiger charge is -2.36. The van der Waals surface area contributed by atoms with Crippen molar-refractivity contribution < 1.29 is 22.8 Å². The predicted octanol–water partition coefficient (Wildman–Crippen LogP) is -0.783. The van der Waals surface area contributed by atoms with Crippen LogP contribution in [-0.4, -0.2) is 67.7 Å². The minimum absolute atomic E-state index is 0.235. The summed E-state index contributed by atoms with van der Waals surface area (Å²) < 4.78 is 39.3. The maximum atomic E-state index is 13.1. The highest BCUT2D eigenvalue weighted by Gasteiger charge is 2.44. The Kier molecular flexibility index (Phi) is 5.04. The van der Waals surface area contributed by atoms with E-state index in [0.29, 0.717) is 32.6 Å². The summed E-state index contributed by atoms with van der Waals surface area (Å²) in [4.78, 5) is 24.1. The number of hydrogen-bond acceptors (Lipinski definition) is 4. The molecule has 0 aliphatic carbocycles. The summed E-state index contributed by atoms with van der Waals surface area (Å²) in [6, 6.07) is -2.41. The molecule has 2 atom stereocenters. The van der Waals surface area contributed by atoms with Crippen LogP contribution in [0.1, 0.15) is 12.8 Å². The molecule has 0 aromatic carbocycles. The standard InChI is InChI=1S/C12H19F3N4O2/c13-12(14,15)9(19-5-3-16-4-6-19)7-17-11(21)8-1-2-10(20)18-8/h8-9,16H,1-7H2,(H,17,21)(H,18,20)/t8-,9?/m1/s1. The van der Waals surface area contributed by atoms with Crippen molar-refractivity contribution in [3.05, 3.63) is 0 Å². The van der Waals surface area contributed by atoms with Gasteiger partial charge >= 0.3 is 6.18 Å². The fraction of sp³-hybridized carbons (Fsp3) is 0.833. The molecule has 1 unspecified atom stereocenters. The van der Waals surface area contributed by atoms with Gasteiger partial charge in [-0.05, 0) is 6.42 Å². The lowest BCUT2D eigenvalue weighted by molar-refractivity contribution is -0.184. The minimum Gasteiger partial charge on any atom is -0.352 e. The molecule has 0 saturated carbocycles. The second kappa shape index (κ2) is 6.61. The number of hydrogen-bond donors (Lipinski definition) is 3. The molecule has 2 heterocycles. The van der Waals surface area contributed by atoms with Crippen molar-refractivity contribution in [1.29, 1.82) is 0 Å². The Hall–Kier alpha value is -1.35. The van der Waals surface area contributed by atoms with Crippen molar-refractivity contribution in [3.63, 3.8) is 0 Å². The largest absolute Gasteiger partial charge is 0.405 e. The number of carbonyl (C=O) groups excluding carboxylic acids is 2. The van der Waals surface area contributed by atoms with Crippen molar-refractivity contribution in [2.45, 2.75) is 31.1 Å². The summed E-state index contributed by atoms with van der Waals surface area (Å²) >= 11 is 0. The van der Waals surface area contributed by atoms with Gasteiger partial charge in [-0.2, -0.15) is 13.2 Å². The first-order valence-electron chi connectivity index (χ1n) is 6.96.